The molecule has 0 unspecified atom stereocenters. The van der Waals surface area contributed by atoms with Gasteiger partial charge in [0.05, 0.1) is 5.69 Å². The fraction of sp³-hybridized carbons (Fsp3) is 0.538. The van der Waals surface area contributed by atoms with Crippen LogP contribution in [-0.2, 0) is 6.42 Å². The van der Waals surface area contributed by atoms with Crippen molar-refractivity contribution < 1.29 is 4.74 Å². The Balaban J connectivity index is 0.00000324. The molecule has 0 bridgehead atoms. The Morgan fingerprint density at radius 1 is 1.32 bits per heavy atom. The highest BCUT2D eigenvalue weighted by molar-refractivity contribution is 9.24. The summed E-state index contributed by atoms with van der Waals surface area (Å²) in [7, 11) is 0. The highest BCUT2D eigenvalue weighted by atomic mass is 79.9. The molecule has 110 valence electrons. The first-order valence-electron chi connectivity index (χ1n) is 5.87. The Bertz CT molecular complexity index is 395. The van der Waals surface area contributed by atoms with Crippen LogP contribution in [0, 0.1) is 0 Å². The average molecular weight is 417 g/mol. The molecule has 19 heavy (non-hydrogen) atoms. The van der Waals surface area contributed by atoms with E-state index in [-0.39, 0.29) is 21.9 Å². The molecule has 0 aliphatic heterocycles. The van der Waals surface area contributed by atoms with E-state index in [1.54, 1.807) is 0 Å². The van der Waals surface area contributed by atoms with E-state index in [2.05, 4.69) is 57.9 Å². The molecule has 6 heteroatoms. The maximum atomic E-state index is 5.94. The molecule has 0 saturated heterocycles. The van der Waals surface area contributed by atoms with Crippen LogP contribution in [-0.4, -0.2) is 16.0 Å². The lowest BCUT2D eigenvalue weighted by Gasteiger charge is -2.21. The molecule has 0 radical (unpaired) electrons. The first-order chi connectivity index (χ1) is 8.29. The van der Waals surface area contributed by atoms with E-state index in [4.69, 9.17) is 10.5 Å². The third-order valence-electron chi connectivity index (χ3n) is 2.38. The Morgan fingerprint density at radius 3 is 2.47 bits per heavy atom. The monoisotopic (exact) mass is 414 g/mol. The minimum Gasteiger partial charge on any atom is -0.466 e. The number of alkyl halides is 2. The van der Waals surface area contributed by atoms with E-state index >= 15 is 0 Å². The summed E-state index contributed by atoms with van der Waals surface area (Å²) in [6, 6.07) is 5.84. The maximum Gasteiger partial charge on any atom is 0.207 e. The molecule has 0 saturated carbocycles. The van der Waals surface area contributed by atoms with Gasteiger partial charge in [0.2, 0.25) is 3.92 Å². The zero-order valence-electron chi connectivity index (χ0n) is 11.4. The summed E-state index contributed by atoms with van der Waals surface area (Å²) in [4.78, 5) is 0. The van der Waals surface area contributed by atoms with Crippen LogP contribution < -0.4 is 15.8 Å². The highest BCUT2D eigenvalue weighted by Crippen LogP contribution is 2.30. The molecule has 0 fully saturated rings. The molecule has 0 aromatic heterocycles. The first-order valence-corrected chi connectivity index (χ1v) is 7.70. The molecular formula is C13H21Br2ClN2O. The quantitative estimate of drug-likeness (QED) is 0.562. The Morgan fingerprint density at radius 2 is 1.95 bits per heavy atom. The van der Waals surface area contributed by atoms with Crippen molar-refractivity contribution in [2.24, 2.45) is 0 Å². The molecule has 1 rings (SSSR count). The van der Waals surface area contributed by atoms with Gasteiger partial charge in [-0.15, -0.1) is 12.4 Å². The van der Waals surface area contributed by atoms with Crippen molar-refractivity contribution in [2.75, 3.05) is 12.3 Å². The minimum atomic E-state index is -0.232. The van der Waals surface area contributed by atoms with Crippen molar-refractivity contribution in [1.29, 1.82) is 0 Å². The zero-order valence-corrected chi connectivity index (χ0v) is 15.4. The molecule has 0 amide bonds. The van der Waals surface area contributed by atoms with Crippen LogP contribution in [0.3, 0.4) is 0 Å². The lowest BCUT2D eigenvalue weighted by atomic mass is 10.1. The second kappa shape index (κ2) is 8.35. The lowest BCUT2D eigenvalue weighted by Crippen LogP contribution is -2.37. The van der Waals surface area contributed by atoms with Crippen LogP contribution in [0.1, 0.15) is 26.3 Å². The predicted octanol–water partition coefficient (Wildman–Crippen LogP) is 4.07. The van der Waals surface area contributed by atoms with Gasteiger partial charge in [-0.05, 0) is 77.2 Å². The highest BCUT2D eigenvalue weighted by Gasteiger charge is 2.12. The van der Waals surface area contributed by atoms with Gasteiger partial charge in [0.1, 0.15) is 5.75 Å². The van der Waals surface area contributed by atoms with Crippen molar-refractivity contribution in [2.45, 2.75) is 36.7 Å². The number of benzene rings is 1. The van der Waals surface area contributed by atoms with Crippen molar-refractivity contribution in [3.05, 3.63) is 23.8 Å². The number of hydrogen-bond acceptors (Lipinski definition) is 3. The summed E-state index contributed by atoms with van der Waals surface area (Å²) in [5.74, 6) is 0.743. The standard InChI is InChI=1S/C13H20Br2N2O.ClH/c1-13(2,3)17-8-7-9-5-4-6-10(16)11(9)18-12(14)15;/h4-6,12,17H,7-8,16H2,1-3H3;1H. The van der Waals surface area contributed by atoms with E-state index < -0.39 is 0 Å². The van der Waals surface area contributed by atoms with Crippen LogP contribution in [0.4, 0.5) is 5.69 Å². The van der Waals surface area contributed by atoms with Crippen LogP contribution in [0.5, 0.6) is 5.75 Å². The van der Waals surface area contributed by atoms with Gasteiger partial charge in [-0.25, -0.2) is 0 Å². The minimum absolute atomic E-state index is 0. The largest absolute Gasteiger partial charge is 0.466 e. The normalized spacial score (nSPS) is 11.3. The van der Waals surface area contributed by atoms with Gasteiger partial charge in [-0.2, -0.15) is 0 Å². The fourth-order valence-electron chi connectivity index (χ4n) is 1.61. The van der Waals surface area contributed by atoms with E-state index in [0.29, 0.717) is 5.69 Å². The number of ether oxygens (including phenoxy) is 1. The van der Waals surface area contributed by atoms with Gasteiger partial charge in [-0.1, -0.05) is 12.1 Å². The van der Waals surface area contributed by atoms with E-state index in [1.807, 2.05) is 18.2 Å². The van der Waals surface area contributed by atoms with Gasteiger partial charge in [-0.3, -0.25) is 0 Å². The number of nitrogens with two attached hydrogens (primary N) is 1. The fourth-order valence-corrected chi connectivity index (χ4v) is 1.98. The zero-order chi connectivity index (χ0) is 13.8. The third kappa shape index (κ3) is 7.40. The smallest absolute Gasteiger partial charge is 0.207 e. The summed E-state index contributed by atoms with van der Waals surface area (Å²) in [6.45, 7) is 7.34. The molecule has 0 aliphatic rings. The van der Waals surface area contributed by atoms with Crippen molar-refractivity contribution >= 4 is 50.0 Å². The number of rotatable bonds is 5. The molecule has 1 aromatic rings. The summed E-state index contributed by atoms with van der Waals surface area (Å²) in [6.07, 6.45) is 0.879. The third-order valence-corrected chi connectivity index (χ3v) is 2.76. The molecule has 0 spiro atoms. The SMILES string of the molecule is CC(C)(C)NCCc1cccc(N)c1OC(Br)Br.Cl. The van der Waals surface area contributed by atoms with Gasteiger partial charge in [0.25, 0.3) is 0 Å². The van der Waals surface area contributed by atoms with Crippen molar-refractivity contribution in [1.82, 2.24) is 5.32 Å². The van der Waals surface area contributed by atoms with Gasteiger partial charge in [0, 0.05) is 5.54 Å². The second-order valence-corrected chi connectivity index (χ2v) is 8.03. The van der Waals surface area contributed by atoms with Gasteiger partial charge < -0.3 is 15.8 Å². The van der Waals surface area contributed by atoms with Gasteiger partial charge >= 0.3 is 0 Å². The summed E-state index contributed by atoms with van der Waals surface area (Å²) >= 11 is 6.61. The first kappa shape index (κ1) is 19.0. The average Bonchev–Trinajstić information content (AvgIpc) is 2.20. The molecule has 3 N–H and O–H groups in total. The van der Waals surface area contributed by atoms with Gasteiger partial charge in [0.15, 0.2) is 0 Å². The lowest BCUT2D eigenvalue weighted by molar-refractivity contribution is 0.371. The number of para-hydroxylation sites is 1. The number of nitrogen functional groups attached to an aromatic ring is 1. The Labute approximate surface area is 138 Å². The predicted molar refractivity (Wildman–Crippen MR) is 91.8 cm³/mol. The molecule has 1 aromatic carbocycles. The number of nitrogens with one attached hydrogen (secondary N) is 1. The van der Waals surface area contributed by atoms with Crippen LogP contribution in [0.15, 0.2) is 18.2 Å². The Hall–Kier alpha value is 0.0300. The summed E-state index contributed by atoms with van der Waals surface area (Å²) < 4.78 is 5.41. The maximum absolute atomic E-state index is 5.94. The van der Waals surface area contributed by atoms with Crippen LogP contribution in [0.25, 0.3) is 0 Å². The molecule has 3 nitrogen and oxygen atoms in total. The number of anilines is 1. The topological polar surface area (TPSA) is 47.3 Å². The van der Waals surface area contributed by atoms with E-state index in [9.17, 15) is 0 Å². The van der Waals surface area contributed by atoms with E-state index in [0.717, 1.165) is 24.3 Å². The summed E-state index contributed by atoms with van der Waals surface area (Å²) in [5, 5.41) is 3.45. The molecule has 0 atom stereocenters. The van der Waals surface area contributed by atoms with Crippen LogP contribution in [0.2, 0.25) is 0 Å². The number of hydrogen-bond donors (Lipinski definition) is 2. The van der Waals surface area contributed by atoms with Crippen LogP contribution >= 0.6 is 44.3 Å². The molecule has 0 heterocycles. The Kier molecular flexibility index (Phi) is 8.36. The number of halogens is 3. The second-order valence-electron chi connectivity index (χ2n) is 5.14. The molecular weight excluding hydrogens is 395 g/mol. The van der Waals surface area contributed by atoms with Crippen molar-refractivity contribution in [3.63, 3.8) is 0 Å². The van der Waals surface area contributed by atoms with Crippen molar-refractivity contribution in [3.8, 4) is 5.75 Å². The molecule has 0 aliphatic carbocycles. The van der Waals surface area contributed by atoms with E-state index in [1.165, 1.54) is 0 Å². The summed E-state index contributed by atoms with van der Waals surface area (Å²) in [5.41, 5.74) is 7.83.